The molecule has 0 unspecified atom stereocenters. The van der Waals surface area contributed by atoms with Crippen LogP contribution in [0.25, 0.3) is 0 Å². The maximum absolute atomic E-state index is 8.67. The van der Waals surface area contributed by atoms with Crippen molar-refractivity contribution in [2.75, 3.05) is 27.4 Å². The van der Waals surface area contributed by atoms with Crippen LogP contribution >= 0.6 is 15.9 Å². The summed E-state index contributed by atoms with van der Waals surface area (Å²) in [6.45, 7) is 1.39. The van der Waals surface area contributed by atoms with E-state index in [4.69, 9.17) is 14.6 Å². The molecule has 5 heteroatoms. The Morgan fingerprint density at radius 1 is 1.31 bits per heavy atom. The Bertz CT molecular complexity index is 344. The van der Waals surface area contributed by atoms with Crippen LogP contribution in [0.15, 0.2) is 16.6 Å². The van der Waals surface area contributed by atoms with Gasteiger partial charge in [-0.05, 0) is 33.6 Å². The minimum Gasteiger partial charge on any atom is -0.493 e. The molecule has 1 rings (SSSR count). The van der Waals surface area contributed by atoms with Crippen molar-refractivity contribution in [3.8, 4) is 11.5 Å². The van der Waals surface area contributed by atoms with Gasteiger partial charge in [-0.15, -0.1) is 0 Å². The molecule has 0 fully saturated rings. The number of nitrogens with one attached hydrogen (secondary N) is 1. The smallest absolute Gasteiger partial charge is 0.174 e. The van der Waals surface area contributed by atoms with Crippen LogP contribution in [-0.2, 0) is 6.54 Å². The van der Waals surface area contributed by atoms with Crippen molar-refractivity contribution in [1.29, 1.82) is 0 Å². The van der Waals surface area contributed by atoms with E-state index >= 15 is 0 Å². The topological polar surface area (TPSA) is 50.7 Å². The Morgan fingerprint density at radius 2 is 2.06 bits per heavy atom. The Kier molecular flexibility index (Phi) is 5.59. The monoisotopic (exact) mass is 289 g/mol. The van der Waals surface area contributed by atoms with Crippen molar-refractivity contribution in [2.24, 2.45) is 0 Å². The Morgan fingerprint density at radius 3 is 2.62 bits per heavy atom. The third kappa shape index (κ3) is 3.37. The van der Waals surface area contributed by atoms with Crippen LogP contribution in [0, 0.1) is 0 Å². The van der Waals surface area contributed by atoms with Crippen LogP contribution in [-0.4, -0.2) is 32.5 Å². The van der Waals surface area contributed by atoms with E-state index in [1.165, 1.54) is 0 Å². The molecule has 1 aromatic carbocycles. The van der Waals surface area contributed by atoms with Crippen LogP contribution in [0.3, 0.4) is 0 Å². The highest BCUT2D eigenvalue weighted by atomic mass is 79.9. The lowest BCUT2D eigenvalue weighted by Crippen LogP contribution is -2.17. The number of halogens is 1. The Hall–Kier alpha value is -0.780. The van der Waals surface area contributed by atoms with Gasteiger partial charge in [-0.2, -0.15) is 0 Å². The van der Waals surface area contributed by atoms with Crippen molar-refractivity contribution in [3.05, 3.63) is 22.2 Å². The van der Waals surface area contributed by atoms with Gasteiger partial charge in [-0.1, -0.05) is 0 Å². The van der Waals surface area contributed by atoms with Crippen molar-refractivity contribution < 1.29 is 14.6 Å². The second-order valence-electron chi connectivity index (χ2n) is 3.21. The first-order chi connectivity index (χ1) is 7.72. The average molecular weight is 290 g/mol. The van der Waals surface area contributed by atoms with Crippen molar-refractivity contribution in [2.45, 2.75) is 6.54 Å². The number of hydrogen-bond acceptors (Lipinski definition) is 4. The van der Waals surface area contributed by atoms with Crippen LogP contribution in [0.2, 0.25) is 0 Å². The van der Waals surface area contributed by atoms with Gasteiger partial charge in [0, 0.05) is 13.1 Å². The van der Waals surface area contributed by atoms with E-state index in [-0.39, 0.29) is 6.61 Å². The molecule has 4 nitrogen and oxygen atoms in total. The minimum atomic E-state index is 0.133. The number of aliphatic hydroxyl groups is 1. The van der Waals surface area contributed by atoms with Gasteiger partial charge >= 0.3 is 0 Å². The van der Waals surface area contributed by atoms with E-state index in [1.807, 2.05) is 12.1 Å². The molecule has 0 amide bonds. The number of methoxy groups -OCH3 is 2. The van der Waals surface area contributed by atoms with E-state index < -0.39 is 0 Å². The molecule has 0 saturated heterocycles. The number of benzene rings is 1. The van der Waals surface area contributed by atoms with Gasteiger partial charge in [-0.25, -0.2) is 0 Å². The number of hydrogen-bond donors (Lipinski definition) is 2. The third-order valence-corrected chi connectivity index (χ3v) is 2.70. The summed E-state index contributed by atoms with van der Waals surface area (Å²) in [6.07, 6.45) is 0. The highest BCUT2D eigenvalue weighted by molar-refractivity contribution is 9.10. The van der Waals surface area contributed by atoms with Crippen molar-refractivity contribution in [1.82, 2.24) is 5.32 Å². The molecule has 0 radical (unpaired) electrons. The van der Waals surface area contributed by atoms with Crippen molar-refractivity contribution in [3.63, 3.8) is 0 Å². The summed E-state index contributed by atoms with van der Waals surface area (Å²) >= 11 is 3.43. The predicted octanol–water partition coefficient (Wildman–Crippen LogP) is 1.55. The highest BCUT2D eigenvalue weighted by Gasteiger charge is 2.09. The SMILES string of the molecule is COc1cc(CNCCO)cc(Br)c1OC. The fraction of sp³-hybridized carbons (Fsp3) is 0.455. The van der Waals surface area contributed by atoms with E-state index in [1.54, 1.807) is 14.2 Å². The molecule has 1 aromatic rings. The molecule has 0 aromatic heterocycles. The molecule has 90 valence electrons. The van der Waals surface area contributed by atoms with Gasteiger partial charge in [0.25, 0.3) is 0 Å². The molecular formula is C11H16BrNO3. The van der Waals surface area contributed by atoms with Gasteiger partial charge in [0.1, 0.15) is 0 Å². The van der Waals surface area contributed by atoms with E-state index in [0.29, 0.717) is 24.6 Å². The zero-order chi connectivity index (χ0) is 12.0. The maximum atomic E-state index is 8.67. The fourth-order valence-electron chi connectivity index (χ4n) is 1.39. The van der Waals surface area contributed by atoms with Crippen LogP contribution < -0.4 is 14.8 Å². The van der Waals surface area contributed by atoms with E-state index in [2.05, 4.69) is 21.2 Å². The molecule has 0 saturated carbocycles. The van der Waals surface area contributed by atoms with Gasteiger partial charge in [0.05, 0.1) is 25.3 Å². The lowest BCUT2D eigenvalue weighted by atomic mass is 10.2. The largest absolute Gasteiger partial charge is 0.493 e. The summed E-state index contributed by atoms with van der Waals surface area (Å²) in [5, 5.41) is 11.8. The quantitative estimate of drug-likeness (QED) is 0.781. The van der Waals surface area contributed by atoms with Crippen LogP contribution in [0.5, 0.6) is 11.5 Å². The molecule has 2 N–H and O–H groups in total. The first kappa shape index (κ1) is 13.3. The first-order valence-electron chi connectivity index (χ1n) is 4.95. The Balaban J connectivity index is 2.83. The summed E-state index contributed by atoms with van der Waals surface area (Å²) in [6, 6.07) is 3.87. The number of rotatable bonds is 6. The average Bonchev–Trinajstić information content (AvgIpc) is 2.28. The van der Waals surface area contributed by atoms with Gasteiger partial charge in [-0.3, -0.25) is 0 Å². The van der Waals surface area contributed by atoms with E-state index in [0.717, 1.165) is 10.0 Å². The summed E-state index contributed by atoms with van der Waals surface area (Å²) < 4.78 is 11.3. The number of aliphatic hydroxyl groups excluding tert-OH is 1. The second-order valence-corrected chi connectivity index (χ2v) is 4.07. The summed E-state index contributed by atoms with van der Waals surface area (Å²) in [5.41, 5.74) is 1.07. The lowest BCUT2D eigenvalue weighted by Gasteiger charge is -2.12. The fourth-order valence-corrected chi connectivity index (χ4v) is 2.04. The molecule has 0 spiro atoms. The molecule has 0 heterocycles. The van der Waals surface area contributed by atoms with Gasteiger partial charge in [0.15, 0.2) is 11.5 Å². The highest BCUT2D eigenvalue weighted by Crippen LogP contribution is 2.36. The molecule has 0 bridgehead atoms. The summed E-state index contributed by atoms with van der Waals surface area (Å²) in [7, 11) is 3.21. The Labute approximate surface area is 104 Å². The minimum absolute atomic E-state index is 0.133. The predicted molar refractivity (Wildman–Crippen MR) is 66.0 cm³/mol. The van der Waals surface area contributed by atoms with Gasteiger partial charge in [0.2, 0.25) is 0 Å². The second kappa shape index (κ2) is 6.73. The van der Waals surface area contributed by atoms with Crippen molar-refractivity contribution >= 4 is 15.9 Å². The van der Waals surface area contributed by atoms with E-state index in [9.17, 15) is 0 Å². The first-order valence-corrected chi connectivity index (χ1v) is 5.74. The normalized spacial score (nSPS) is 10.2. The summed E-state index contributed by atoms with van der Waals surface area (Å²) in [4.78, 5) is 0. The third-order valence-electron chi connectivity index (χ3n) is 2.11. The molecule has 0 atom stereocenters. The molecule has 0 aliphatic heterocycles. The lowest BCUT2D eigenvalue weighted by molar-refractivity contribution is 0.292. The van der Waals surface area contributed by atoms with Crippen LogP contribution in [0.4, 0.5) is 0 Å². The number of ether oxygens (including phenoxy) is 2. The molecular weight excluding hydrogens is 274 g/mol. The zero-order valence-corrected chi connectivity index (χ0v) is 11.0. The maximum Gasteiger partial charge on any atom is 0.174 e. The van der Waals surface area contributed by atoms with Gasteiger partial charge < -0.3 is 19.9 Å². The molecule has 0 aliphatic carbocycles. The summed E-state index contributed by atoms with van der Waals surface area (Å²) in [5.74, 6) is 1.38. The standard InChI is InChI=1S/C11H16BrNO3/c1-15-10-6-8(7-13-3-4-14)5-9(12)11(10)16-2/h5-6,13-14H,3-4,7H2,1-2H3. The zero-order valence-electron chi connectivity index (χ0n) is 9.42. The van der Waals surface area contributed by atoms with Crippen LogP contribution in [0.1, 0.15) is 5.56 Å². The molecule has 0 aliphatic rings. The molecule has 16 heavy (non-hydrogen) atoms.